The number of hydrogen-bond acceptors (Lipinski definition) is 5. The van der Waals surface area contributed by atoms with Gasteiger partial charge in [0.1, 0.15) is 11.9 Å². The number of Topliss-reactive ketones (excluding diaryl/α,β-unsaturated/α-hetero) is 1. The van der Waals surface area contributed by atoms with Gasteiger partial charge in [-0.05, 0) is 61.4 Å². The summed E-state index contributed by atoms with van der Waals surface area (Å²) in [7, 11) is -2.02. The molecule has 0 aromatic heterocycles. The lowest BCUT2D eigenvalue weighted by Crippen LogP contribution is -2.59. The summed E-state index contributed by atoms with van der Waals surface area (Å²) in [6.07, 6.45) is 2.80. The molecule has 0 N–H and O–H groups in total. The predicted octanol–water partition coefficient (Wildman–Crippen LogP) is 3.57. The monoisotopic (exact) mass is 442 g/mol. The normalized spacial score (nSPS) is 22.3. The lowest BCUT2D eigenvalue weighted by Gasteiger charge is -2.43. The fourth-order valence-corrected chi connectivity index (χ4v) is 6.59. The summed E-state index contributed by atoms with van der Waals surface area (Å²) in [5.41, 5.74) is 1.59. The third-order valence-corrected chi connectivity index (χ3v) is 8.28. The van der Waals surface area contributed by atoms with E-state index in [1.165, 1.54) is 9.87 Å². The number of carbonyl (C=O) groups is 1. The van der Waals surface area contributed by atoms with E-state index in [0.29, 0.717) is 24.4 Å². The Morgan fingerprint density at radius 1 is 1.03 bits per heavy atom. The van der Waals surface area contributed by atoms with Crippen molar-refractivity contribution in [3.63, 3.8) is 0 Å². The fourth-order valence-electron chi connectivity index (χ4n) is 4.73. The molecule has 1 unspecified atom stereocenters. The van der Waals surface area contributed by atoms with Gasteiger partial charge in [0.15, 0.2) is 5.78 Å². The molecular weight excluding hydrogens is 412 g/mol. The lowest BCUT2D eigenvalue weighted by atomic mass is 9.89. The average molecular weight is 443 g/mol. The molecule has 0 aliphatic carbocycles. The van der Waals surface area contributed by atoms with Crippen LogP contribution in [0, 0.1) is 5.92 Å². The van der Waals surface area contributed by atoms with Crippen molar-refractivity contribution in [2.45, 2.75) is 43.7 Å². The topological polar surface area (TPSA) is 66.9 Å². The zero-order valence-electron chi connectivity index (χ0n) is 18.2. The first-order chi connectivity index (χ1) is 15.0. The highest BCUT2D eigenvalue weighted by Crippen LogP contribution is 2.34. The second-order valence-corrected chi connectivity index (χ2v) is 10.2. The van der Waals surface area contributed by atoms with Gasteiger partial charge in [-0.25, -0.2) is 8.42 Å². The van der Waals surface area contributed by atoms with Crippen LogP contribution >= 0.6 is 0 Å². The molecule has 6 nitrogen and oxygen atoms in total. The van der Waals surface area contributed by atoms with Crippen LogP contribution in [-0.2, 0) is 16.4 Å². The Kier molecular flexibility index (Phi) is 6.46. The van der Waals surface area contributed by atoms with Crippen molar-refractivity contribution in [1.29, 1.82) is 0 Å². The molecule has 0 amide bonds. The highest BCUT2D eigenvalue weighted by molar-refractivity contribution is 7.89. The molecule has 1 fully saturated rings. The molecule has 2 aromatic rings. The first-order valence-electron chi connectivity index (χ1n) is 11.0. The van der Waals surface area contributed by atoms with Gasteiger partial charge in [0, 0.05) is 25.2 Å². The first kappa shape index (κ1) is 22.0. The Balaban J connectivity index is 1.50. The van der Waals surface area contributed by atoms with Crippen LogP contribution in [0.3, 0.4) is 0 Å². The average Bonchev–Trinajstić information content (AvgIpc) is 2.79. The molecule has 2 heterocycles. The molecule has 1 atom stereocenters. The molecule has 2 aromatic carbocycles. The second-order valence-electron chi connectivity index (χ2n) is 8.38. The third-order valence-electron chi connectivity index (χ3n) is 6.37. The zero-order valence-corrected chi connectivity index (χ0v) is 19.0. The molecule has 2 aliphatic rings. The van der Waals surface area contributed by atoms with Gasteiger partial charge in [-0.3, -0.25) is 9.69 Å². The molecule has 0 saturated carbocycles. The van der Waals surface area contributed by atoms with Crippen molar-refractivity contribution in [2.24, 2.45) is 5.92 Å². The van der Waals surface area contributed by atoms with Crippen LogP contribution < -0.4 is 4.74 Å². The minimum Gasteiger partial charge on any atom is -0.497 e. The van der Waals surface area contributed by atoms with Crippen LogP contribution in [0.2, 0.25) is 0 Å². The van der Waals surface area contributed by atoms with E-state index in [0.717, 1.165) is 38.1 Å². The van der Waals surface area contributed by atoms with Gasteiger partial charge in [0.05, 0.1) is 12.0 Å². The smallest absolute Gasteiger partial charge is 0.245 e. The van der Waals surface area contributed by atoms with Gasteiger partial charge in [-0.15, -0.1) is 0 Å². The van der Waals surface area contributed by atoms with E-state index in [9.17, 15) is 13.2 Å². The molecule has 31 heavy (non-hydrogen) atoms. The molecule has 0 radical (unpaired) electrons. The highest BCUT2D eigenvalue weighted by Gasteiger charge is 2.46. The SMILES string of the molecule is CCCN1C(N2CCC(Cc3ccc(OC)cc3)CC2)C(=O)c2ccccc2S1(=O)=O. The van der Waals surface area contributed by atoms with E-state index < -0.39 is 16.2 Å². The van der Waals surface area contributed by atoms with E-state index in [1.54, 1.807) is 31.4 Å². The van der Waals surface area contributed by atoms with E-state index in [2.05, 4.69) is 17.0 Å². The van der Waals surface area contributed by atoms with Gasteiger partial charge >= 0.3 is 0 Å². The third kappa shape index (κ3) is 4.27. The first-order valence-corrected chi connectivity index (χ1v) is 12.4. The number of carbonyl (C=O) groups excluding carboxylic acids is 1. The number of likely N-dealkylation sites (tertiary alicyclic amines) is 1. The number of fused-ring (bicyclic) bond motifs is 1. The van der Waals surface area contributed by atoms with Crippen LogP contribution in [0.4, 0.5) is 0 Å². The summed E-state index contributed by atoms with van der Waals surface area (Å²) in [6.45, 7) is 3.72. The number of ketones is 1. The molecule has 0 bridgehead atoms. The Hall–Kier alpha value is -2.22. The number of sulfonamides is 1. The zero-order chi connectivity index (χ0) is 22.0. The van der Waals surface area contributed by atoms with Crippen LogP contribution in [0.1, 0.15) is 42.1 Å². The summed E-state index contributed by atoms with van der Waals surface area (Å²) in [5, 5.41) is 0. The number of nitrogens with zero attached hydrogens (tertiary/aromatic N) is 2. The van der Waals surface area contributed by atoms with Crippen molar-refractivity contribution < 1.29 is 17.9 Å². The van der Waals surface area contributed by atoms with Gasteiger partial charge in [-0.1, -0.05) is 31.2 Å². The maximum Gasteiger partial charge on any atom is 0.245 e. The van der Waals surface area contributed by atoms with Crippen molar-refractivity contribution in [3.05, 3.63) is 59.7 Å². The summed E-state index contributed by atoms with van der Waals surface area (Å²) in [4.78, 5) is 15.6. The van der Waals surface area contributed by atoms with Crippen molar-refractivity contribution in [3.8, 4) is 5.75 Å². The number of benzene rings is 2. The largest absolute Gasteiger partial charge is 0.497 e. The Morgan fingerprint density at radius 2 is 1.71 bits per heavy atom. The number of rotatable bonds is 6. The second kappa shape index (κ2) is 9.10. The number of hydrogen-bond donors (Lipinski definition) is 0. The predicted molar refractivity (Wildman–Crippen MR) is 120 cm³/mol. The van der Waals surface area contributed by atoms with Gasteiger partial charge in [0.25, 0.3) is 0 Å². The summed E-state index contributed by atoms with van der Waals surface area (Å²) in [5.74, 6) is 1.27. The van der Waals surface area contributed by atoms with Gasteiger partial charge < -0.3 is 4.74 Å². The minimum absolute atomic E-state index is 0.104. The fraction of sp³-hybridized carbons (Fsp3) is 0.458. The van der Waals surface area contributed by atoms with E-state index in [4.69, 9.17) is 4.74 Å². The number of methoxy groups -OCH3 is 1. The Morgan fingerprint density at radius 3 is 2.35 bits per heavy atom. The van der Waals surface area contributed by atoms with Crippen LogP contribution in [0.5, 0.6) is 5.75 Å². The molecule has 2 aliphatic heterocycles. The van der Waals surface area contributed by atoms with Crippen molar-refractivity contribution in [2.75, 3.05) is 26.7 Å². The molecule has 1 saturated heterocycles. The summed E-state index contributed by atoms with van der Waals surface area (Å²) < 4.78 is 33.2. The molecule has 0 spiro atoms. The Bertz CT molecular complexity index is 1030. The van der Waals surface area contributed by atoms with Gasteiger partial charge in [0.2, 0.25) is 10.0 Å². The lowest BCUT2D eigenvalue weighted by molar-refractivity contribution is 0.0444. The standard InChI is InChI=1S/C24H30N2O4S/c1-3-14-26-24(23(27)21-6-4-5-7-22(21)31(26,28)29)25-15-12-19(13-16-25)17-18-8-10-20(30-2)11-9-18/h4-11,19,24H,3,12-17H2,1-2H3. The number of piperidine rings is 1. The van der Waals surface area contributed by atoms with E-state index in [-0.39, 0.29) is 10.7 Å². The summed E-state index contributed by atoms with van der Waals surface area (Å²) >= 11 is 0. The molecule has 166 valence electrons. The highest BCUT2D eigenvalue weighted by atomic mass is 32.2. The van der Waals surface area contributed by atoms with Gasteiger partial charge in [-0.2, -0.15) is 4.31 Å². The van der Waals surface area contributed by atoms with Crippen molar-refractivity contribution in [1.82, 2.24) is 9.21 Å². The summed E-state index contributed by atoms with van der Waals surface area (Å²) in [6, 6.07) is 14.8. The molecule has 7 heteroatoms. The molecule has 4 rings (SSSR count). The molecular formula is C24H30N2O4S. The van der Waals surface area contributed by atoms with Crippen LogP contribution in [0.15, 0.2) is 53.4 Å². The minimum atomic E-state index is -3.69. The van der Waals surface area contributed by atoms with Crippen molar-refractivity contribution >= 4 is 15.8 Å². The van der Waals surface area contributed by atoms with Crippen LogP contribution in [0.25, 0.3) is 0 Å². The van der Waals surface area contributed by atoms with E-state index >= 15 is 0 Å². The number of ether oxygens (including phenoxy) is 1. The van der Waals surface area contributed by atoms with E-state index in [1.807, 2.05) is 19.1 Å². The Labute approximate surface area is 184 Å². The van der Waals surface area contributed by atoms with Crippen LogP contribution in [-0.4, -0.2) is 56.3 Å². The maximum atomic E-state index is 13.4. The maximum absolute atomic E-state index is 13.4. The quantitative estimate of drug-likeness (QED) is 0.684.